The molecule has 0 spiro atoms. The summed E-state index contributed by atoms with van der Waals surface area (Å²) < 4.78 is 1.66. The maximum Gasteiger partial charge on any atom is 0.274 e. The number of amides is 1. The smallest absolute Gasteiger partial charge is 0.274 e. The molecule has 1 atom stereocenters. The van der Waals surface area contributed by atoms with Crippen molar-refractivity contribution >= 4 is 17.5 Å². The molecule has 118 valence electrons. The first-order valence-corrected chi connectivity index (χ1v) is 7.66. The molecule has 0 aliphatic rings. The Morgan fingerprint density at radius 1 is 1.50 bits per heavy atom. The number of rotatable bonds is 6. The molecule has 0 saturated heterocycles. The quantitative estimate of drug-likeness (QED) is 0.851. The number of halogens is 1. The van der Waals surface area contributed by atoms with E-state index in [1.165, 1.54) is 0 Å². The molecule has 2 aromatic rings. The summed E-state index contributed by atoms with van der Waals surface area (Å²) in [7, 11) is 0. The van der Waals surface area contributed by atoms with E-state index in [0.717, 1.165) is 17.8 Å². The Morgan fingerprint density at radius 3 is 2.91 bits per heavy atom. The average Bonchev–Trinajstić information content (AvgIpc) is 2.91. The molecular weight excluding hydrogens is 302 g/mol. The molecule has 22 heavy (non-hydrogen) atoms. The zero-order chi connectivity index (χ0) is 16.1. The molecule has 0 aliphatic heterocycles. The van der Waals surface area contributed by atoms with Gasteiger partial charge in [0, 0.05) is 17.6 Å². The van der Waals surface area contributed by atoms with E-state index < -0.39 is 0 Å². The maximum absolute atomic E-state index is 12.3. The maximum atomic E-state index is 12.3. The van der Waals surface area contributed by atoms with Crippen molar-refractivity contribution in [1.29, 1.82) is 0 Å². The Morgan fingerprint density at radius 2 is 2.27 bits per heavy atom. The van der Waals surface area contributed by atoms with Crippen molar-refractivity contribution in [2.24, 2.45) is 5.73 Å². The number of nitrogens with one attached hydrogen (secondary N) is 1. The topological polar surface area (TPSA) is 85.8 Å². The normalized spacial score (nSPS) is 12.2. The third-order valence-electron chi connectivity index (χ3n) is 3.25. The van der Waals surface area contributed by atoms with E-state index in [4.69, 9.17) is 17.3 Å². The molecule has 3 N–H and O–H groups in total. The SMILES string of the molecule is CCCc1c(C(=O)N[C@@H](C)CN)nnn1-c1cccc(Cl)c1. The second kappa shape index (κ2) is 7.38. The Kier molecular flexibility index (Phi) is 5.51. The molecule has 6 nitrogen and oxygen atoms in total. The highest BCUT2D eigenvalue weighted by Crippen LogP contribution is 2.18. The van der Waals surface area contributed by atoms with Crippen molar-refractivity contribution in [2.75, 3.05) is 6.54 Å². The van der Waals surface area contributed by atoms with Gasteiger partial charge in [-0.25, -0.2) is 4.68 Å². The molecule has 0 radical (unpaired) electrons. The van der Waals surface area contributed by atoms with Gasteiger partial charge >= 0.3 is 0 Å². The number of carbonyl (C=O) groups excluding carboxylic acids is 1. The van der Waals surface area contributed by atoms with E-state index in [2.05, 4.69) is 15.6 Å². The molecule has 0 fully saturated rings. The number of hydrogen-bond donors (Lipinski definition) is 2. The van der Waals surface area contributed by atoms with Crippen molar-refractivity contribution < 1.29 is 4.79 Å². The predicted octanol–water partition coefficient (Wildman–Crippen LogP) is 1.95. The van der Waals surface area contributed by atoms with Crippen LogP contribution in [0, 0.1) is 0 Å². The van der Waals surface area contributed by atoms with Gasteiger partial charge in [-0.2, -0.15) is 0 Å². The first-order valence-electron chi connectivity index (χ1n) is 7.28. The second-order valence-corrected chi connectivity index (χ2v) is 5.57. The minimum Gasteiger partial charge on any atom is -0.347 e. The summed E-state index contributed by atoms with van der Waals surface area (Å²) in [6.45, 7) is 4.26. The van der Waals surface area contributed by atoms with Gasteiger partial charge in [0.05, 0.1) is 11.4 Å². The van der Waals surface area contributed by atoms with Crippen LogP contribution >= 0.6 is 11.6 Å². The first kappa shape index (κ1) is 16.5. The summed E-state index contributed by atoms with van der Waals surface area (Å²) >= 11 is 6.03. The largest absolute Gasteiger partial charge is 0.347 e. The van der Waals surface area contributed by atoms with Crippen LogP contribution < -0.4 is 11.1 Å². The Labute approximate surface area is 134 Å². The lowest BCUT2D eigenvalue weighted by molar-refractivity contribution is 0.0935. The third-order valence-corrected chi connectivity index (χ3v) is 3.48. The fraction of sp³-hybridized carbons (Fsp3) is 0.400. The van der Waals surface area contributed by atoms with Crippen molar-refractivity contribution in [1.82, 2.24) is 20.3 Å². The van der Waals surface area contributed by atoms with Gasteiger partial charge in [-0.15, -0.1) is 5.10 Å². The van der Waals surface area contributed by atoms with Gasteiger partial charge in [0.2, 0.25) is 0 Å². The fourth-order valence-electron chi connectivity index (χ4n) is 2.11. The van der Waals surface area contributed by atoms with Gasteiger partial charge in [0.15, 0.2) is 5.69 Å². The minimum atomic E-state index is -0.255. The number of carbonyl (C=O) groups is 1. The number of benzene rings is 1. The lowest BCUT2D eigenvalue weighted by Gasteiger charge is -2.11. The molecule has 7 heteroatoms. The van der Waals surface area contributed by atoms with Gasteiger partial charge in [0.25, 0.3) is 5.91 Å². The molecule has 0 aliphatic carbocycles. The zero-order valence-corrected chi connectivity index (χ0v) is 13.5. The monoisotopic (exact) mass is 321 g/mol. The second-order valence-electron chi connectivity index (χ2n) is 5.14. The van der Waals surface area contributed by atoms with Crippen LogP contribution in [-0.2, 0) is 6.42 Å². The molecular formula is C15H20ClN5O. The van der Waals surface area contributed by atoms with E-state index in [0.29, 0.717) is 23.7 Å². The highest BCUT2D eigenvalue weighted by Gasteiger charge is 2.21. The molecule has 2 rings (SSSR count). The highest BCUT2D eigenvalue weighted by molar-refractivity contribution is 6.30. The molecule has 1 aromatic heterocycles. The van der Waals surface area contributed by atoms with E-state index in [1.54, 1.807) is 16.8 Å². The van der Waals surface area contributed by atoms with Crippen LogP contribution in [0.15, 0.2) is 24.3 Å². The summed E-state index contributed by atoms with van der Waals surface area (Å²) in [4.78, 5) is 12.3. The molecule has 0 saturated carbocycles. The van der Waals surface area contributed by atoms with Crippen molar-refractivity contribution in [2.45, 2.75) is 32.7 Å². The van der Waals surface area contributed by atoms with Gasteiger partial charge < -0.3 is 11.1 Å². The number of hydrogen-bond acceptors (Lipinski definition) is 4. The van der Waals surface area contributed by atoms with E-state index in [1.807, 2.05) is 26.0 Å². The predicted molar refractivity (Wildman–Crippen MR) is 86.3 cm³/mol. The van der Waals surface area contributed by atoms with E-state index >= 15 is 0 Å². The van der Waals surface area contributed by atoms with Crippen LogP contribution in [0.5, 0.6) is 0 Å². The Bertz CT molecular complexity index is 655. The van der Waals surface area contributed by atoms with Crippen molar-refractivity contribution in [3.05, 3.63) is 40.7 Å². The van der Waals surface area contributed by atoms with Crippen LogP contribution in [0.25, 0.3) is 5.69 Å². The molecule has 1 amide bonds. The van der Waals surface area contributed by atoms with Crippen molar-refractivity contribution in [3.63, 3.8) is 0 Å². The summed E-state index contributed by atoms with van der Waals surface area (Å²) in [6.07, 6.45) is 1.57. The van der Waals surface area contributed by atoms with Crippen LogP contribution in [0.3, 0.4) is 0 Å². The molecule has 0 bridgehead atoms. The third kappa shape index (κ3) is 3.64. The van der Waals surface area contributed by atoms with Crippen LogP contribution in [0.4, 0.5) is 0 Å². The summed E-state index contributed by atoms with van der Waals surface area (Å²) in [5, 5.41) is 11.6. The van der Waals surface area contributed by atoms with E-state index in [-0.39, 0.29) is 11.9 Å². The summed E-state index contributed by atoms with van der Waals surface area (Å²) in [6, 6.07) is 7.19. The average molecular weight is 322 g/mol. The van der Waals surface area contributed by atoms with Gasteiger partial charge in [-0.3, -0.25) is 4.79 Å². The number of aromatic nitrogens is 3. The Balaban J connectivity index is 2.39. The van der Waals surface area contributed by atoms with Crippen LogP contribution in [0.1, 0.15) is 36.5 Å². The van der Waals surface area contributed by atoms with Crippen LogP contribution in [-0.4, -0.2) is 33.5 Å². The van der Waals surface area contributed by atoms with Gasteiger partial charge in [-0.1, -0.05) is 36.2 Å². The first-order chi connectivity index (χ1) is 10.6. The lowest BCUT2D eigenvalue weighted by atomic mass is 10.2. The van der Waals surface area contributed by atoms with Crippen molar-refractivity contribution in [3.8, 4) is 5.69 Å². The Hall–Kier alpha value is -1.92. The summed E-state index contributed by atoms with van der Waals surface area (Å²) in [5.41, 5.74) is 7.43. The minimum absolute atomic E-state index is 0.113. The standard InChI is InChI=1S/C15H20ClN5O/c1-3-5-13-14(15(22)18-10(2)9-17)19-20-21(13)12-7-4-6-11(16)8-12/h4,6-8,10H,3,5,9,17H2,1-2H3,(H,18,22)/t10-/m0/s1. The van der Waals surface area contributed by atoms with Gasteiger partial charge in [-0.05, 0) is 31.5 Å². The molecule has 1 aromatic carbocycles. The number of nitrogens with zero attached hydrogens (tertiary/aromatic N) is 3. The molecule has 0 unspecified atom stereocenters. The lowest BCUT2D eigenvalue weighted by Crippen LogP contribution is -2.38. The van der Waals surface area contributed by atoms with Crippen LogP contribution in [0.2, 0.25) is 5.02 Å². The molecule has 1 heterocycles. The number of nitrogens with two attached hydrogens (primary N) is 1. The highest BCUT2D eigenvalue weighted by atomic mass is 35.5. The summed E-state index contributed by atoms with van der Waals surface area (Å²) in [5.74, 6) is -0.255. The van der Waals surface area contributed by atoms with Gasteiger partial charge in [0.1, 0.15) is 0 Å². The van der Waals surface area contributed by atoms with E-state index in [9.17, 15) is 4.79 Å². The fourth-order valence-corrected chi connectivity index (χ4v) is 2.29. The zero-order valence-electron chi connectivity index (χ0n) is 12.7.